The number of esters is 3. The quantitative estimate of drug-likeness (QED) is 0.0348. The maximum atomic E-state index is 12.7. The summed E-state index contributed by atoms with van der Waals surface area (Å²) in [5, 5.41) is 0. The summed E-state index contributed by atoms with van der Waals surface area (Å²) in [6, 6.07) is 0. The van der Waals surface area contributed by atoms with E-state index in [0.29, 0.717) is 19.3 Å². The van der Waals surface area contributed by atoms with Crippen LogP contribution in [0.2, 0.25) is 0 Å². The number of hydrogen-bond donors (Lipinski definition) is 0. The molecule has 0 aromatic rings. The highest BCUT2D eigenvalue weighted by atomic mass is 16.6. The molecule has 0 unspecified atom stereocenters. The zero-order valence-corrected chi connectivity index (χ0v) is 37.4. The first-order chi connectivity index (χ1) is 26.9. The fraction of sp³-hybridized carbons (Fsp3) is 0.939. The van der Waals surface area contributed by atoms with Crippen LogP contribution in [0.5, 0.6) is 0 Å². The minimum atomic E-state index is -0.760. The number of rotatable bonds is 44. The summed E-state index contributed by atoms with van der Waals surface area (Å²) in [6.07, 6.45) is 43.7. The van der Waals surface area contributed by atoms with Crippen LogP contribution in [0, 0.1) is 5.92 Å². The topological polar surface area (TPSA) is 78.9 Å². The average molecular weight is 779 g/mol. The summed E-state index contributed by atoms with van der Waals surface area (Å²) < 4.78 is 16.8. The van der Waals surface area contributed by atoms with Crippen molar-refractivity contribution in [2.24, 2.45) is 5.92 Å². The largest absolute Gasteiger partial charge is 0.462 e. The van der Waals surface area contributed by atoms with Crippen LogP contribution in [-0.2, 0) is 28.6 Å². The summed E-state index contributed by atoms with van der Waals surface area (Å²) >= 11 is 0. The highest BCUT2D eigenvalue weighted by Crippen LogP contribution is 2.16. The Labute approximate surface area is 342 Å². The van der Waals surface area contributed by atoms with E-state index in [0.717, 1.165) is 63.7 Å². The Morgan fingerprint density at radius 1 is 0.345 bits per heavy atom. The van der Waals surface area contributed by atoms with Crippen LogP contribution in [0.4, 0.5) is 0 Å². The fourth-order valence-corrected chi connectivity index (χ4v) is 7.33. The van der Waals surface area contributed by atoms with E-state index < -0.39 is 6.10 Å². The molecule has 0 aromatic carbocycles. The predicted molar refractivity (Wildman–Crippen MR) is 233 cm³/mol. The fourth-order valence-electron chi connectivity index (χ4n) is 7.33. The molecule has 0 aromatic heterocycles. The van der Waals surface area contributed by atoms with Gasteiger partial charge in [0.05, 0.1) is 0 Å². The minimum absolute atomic E-state index is 0.0634. The van der Waals surface area contributed by atoms with Gasteiger partial charge in [-0.3, -0.25) is 14.4 Å². The predicted octanol–water partition coefficient (Wildman–Crippen LogP) is 15.5. The van der Waals surface area contributed by atoms with E-state index in [9.17, 15) is 14.4 Å². The van der Waals surface area contributed by atoms with E-state index in [1.807, 2.05) is 0 Å². The van der Waals surface area contributed by atoms with Crippen LogP contribution < -0.4 is 0 Å². The van der Waals surface area contributed by atoms with E-state index in [2.05, 4.69) is 27.7 Å². The Morgan fingerprint density at radius 2 is 0.600 bits per heavy atom. The van der Waals surface area contributed by atoms with E-state index in [1.165, 1.54) is 167 Å². The van der Waals surface area contributed by atoms with Gasteiger partial charge in [0.1, 0.15) is 13.2 Å². The summed E-state index contributed by atoms with van der Waals surface area (Å²) in [4.78, 5) is 37.8. The van der Waals surface area contributed by atoms with Gasteiger partial charge in [0, 0.05) is 19.3 Å². The van der Waals surface area contributed by atoms with Crippen LogP contribution >= 0.6 is 0 Å². The molecule has 6 nitrogen and oxygen atoms in total. The zero-order chi connectivity index (χ0) is 40.3. The van der Waals surface area contributed by atoms with Crippen molar-refractivity contribution in [3.63, 3.8) is 0 Å². The van der Waals surface area contributed by atoms with Gasteiger partial charge in [0.2, 0.25) is 0 Å². The minimum Gasteiger partial charge on any atom is -0.462 e. The van der Waals surface area contributed by atoms with Crippen molar-refractivity contribution >= 4 is 17.9 Å². The van der Waals surface area contributed by atoms with Gasteiger partial charge in [-0.05, 0) is 25.2 Å². The van der Waals surface area contributed by atoms with Crippen LogP contribution in [0.25, 0.3) is 0 Å². The lowest BCUT2D eigenvalue weighted by Gasteiger charge is -2.18. The third-order valence-electron chi connectivity index (χ3n) is 11.0. The van der Waals surface area contributed by atoms with Gasteiger partial charge >= 0.3 is 17.9 Å². The number of carbonyl (C=O) groups is 3. The van der Waals surface area contributed by atoms with Gasteiger partial charge in [-0.15, -0.1) is 0 Å². The lowest BCUT2D eigenvalue weighted by Crippen LogP contribution is -2.30. The Kier molecular flexibility index (Phi) is 42.3. The molecule has 326 valence electrons. The normalized spacial score (nSPS) is 11.9. The number of unbranched alkanes of at least 4 members (excludes halogenated alkanes) is 31. The molecule has 0 aliphatic rings. The highest BCUT2D eigenvalue weighted by Gasteiger charge is 2.19. The lowest BCUT2D eigenvalue weighted by molar-refractivity contribution is -0.167. The van der Waals surface area contributed by atoms with Crippen molar-refractivity contribution in [1.29, 1.82) is 0 Å². The SMILES string of the molecule is CCCCCCCCCCCCCCCC(=O)OC[C@@H](COC(=O)CCCCCCCCCCC(C)C)OC(=O)CCCCCCCCCCCCCCC. The van der Waals surface area contributed by atoms with Crippen LogP contribution in [0.3, 0.4) is 0 Å². The van der Waals surface area contributed by atoms with Gasteiger partial charge in [-0.2, -0.15) is 0 Å². The molecular formula is C49H94O6. The van der Waals surface area contributed by atoms with Crippen LogP contribution in [0.1, 0.15) is 272 Å². The molecule has 0 N–H and O–H groups in total. The number of carbonyl (C=O) groups excluding carboxylic acids is 3. The summed E-state index contributed by atoms with van der Waals surface area (Å²) in [5.74, 6) is -0.0536. The molecule has 55 heavy (non-hydrogen) atoms. The second-order valence-electron chi connectivity index (χ2n) is 17.2. The molecule has 0 fully saturated rings. The molecule has 0 saturated heterocycles. The van der Waals surface area contributed by atoms with Crippen LogP contribution in [0.15, 0.2) is 0 Å². The van der Waals surface area contributed by atoms with Gasteiger partial charge in [-0.25, -0.2) is 0 Å². The Bertz CT molecular complexity index is 826. The second kappa shape index (κ2) is 43.5. The van der Waals surface area contributed by atoms with Gasteiger partial charge in [0.25, 0.3) is 0 Å². The third-order valence-corrected chi connectivity index (χ3v) is 11.0. The summed E-state index contributed by atoms with van der Waals surface area (Å²) in [5.41, 5.74) is 0. The zero-order valence-electron chi connectivity index (χ0n) is 37.4. The second-order valence-corrected chi connectivity index (χ2v) is 17.2. The summed E-state index contributed by atoms with van der Waals surface area (Å²) in [7, 11) is 0. The maximum absolute atomic E-state index is 12.7. The van der Waals surface area contributed by atoms with E-state index in [4.69, 9.17) is 14.2 Å². The average Bonchev–Trinajstić information content (AvgIpc) is 3.17. The maximum Gasteiger partial charge on any atom is 0.306 e. The number of ether oxygens (including phenoxy) is 3. The summed E-state index contributed by atoms with van der Waals surface area (Å²) in [6.45, 7) is 8.98. The molecular weight excluding hydrogens is 685 g/mol. The molecule has 0 bridgehead atoms. The molecule has 0 amide bonds. The van der Waals surface area contributed by atoms with E-state index >= 15 is 0 Å². The van der Waals surface area contributed by atoms with Crippen molar-refractivity contribution in [3.05, 3.63) is 0 Å². The first-order valence-corrected chi connectivity index (χ1v) is 24.4. The van der Waals surface area contributed by atoms with Crippen molar-refractivity contribution in [2.45, 2.75) is 278 Å². The molecule has 0 radical (unpaired) electrons. The molecule has 0 aliphatic heterocycles. The van der Waals surface area contributed by atoms with Gasteiger partial charge in [0.15, 0.2) is 6.10 Å². The van der Waals surface area contributed by atoms with Crippen molar-refractivity contribution in [2.75, 3.05) is 13.2 Å². The smallest absolute Gasteiger partial charge is 0.306 e. The van der Waals surface area contributed by atoms with Crippen molar-refractivity contribution in [1.82, 2.24) is 0 Å². The molecule has 0 spiro atoms. The molecule has 0 rings (SSSR count). The third kappa shape index (κ3) is 43.4. The highest BCUT2D eigenvalue weighted by molar-refractivity contribution is 5.71. The standard InChI is InChI=1S/C49H94O6/c1-5-7-9-11-13-15-17-19-21-23-28-32-36-40-47(50)53-43-46(44-54-48(51)41-37-33-29-26-25-27-31-35-39-45(3)4)55-49(52)42-38-34-30-24-22-20-18-16-14-12-10-8-6-2/h45-46H,5-44H2,1-4H3/t46-/m0/s1. The Hall–Kier alpha value is -1.59. The number of hydrogen-bond acceptors (Lipinski definition) is 6. The van der Waals surface area contributed by atoms with Gasteiger partial charge < -0.3 is 14.2 Å². The molecule has 6 heteroatoms. The molecule has 1 atom stereocenters. The van der Waals surface area contributed by atoms with Crippen LogP contribution in [-0.4, -0.2) is 37.2 Å². The Morgan fingerprint density at radius 3 is 0.891 bits per heavy atom. The molecule has 0 saturated carbocycles. The van der Waals surface area contributed by atoms with E-state index in [1.54, 1.807) is 0 Å². The first-order valence-electron chi connectivity index (χ1n) is 24.4. The van der Waals surface area contributed by atoms with Gasteiger partial charge in [-0.1, -0.05) is 233 Å². The molecule has 0 heterocycles. The lowest BCUT2D eigenvalue weighted by atomic mass is 10.0. The Balaban J connectivity index is 4.32. The van der Waals surface area contributed by atoms with E-state index in [-0.39, 0.29) is 31.1 Å². The first kappa shape index (κ1) is 53.4. The molecule has 0 aliphatic carbocycles. The monoisotopic (exact) mass is 779 g/mol. The van der Waals surface area contributed by atoms with Crippen molar-refractivity contribution in [3.8, 4) is 0 Å². The van der Waals surface area contributed by atoms with Crippen molar-refractivity contribution < 1.29 is 28.6 Å².